The van der Waals surface area contributed by atoms with E-state index in [4.69, 9.17) is 4.74 Å². The fraction of sp³-hybridized carbons (Fsp3) is 0.650. The van der Waals surface area contributed by atoms with Crippen molar-refractivity contribution in [3.63, 3.8) is 0 Å². The maximum Gasteiger partial charge on any atom is 0.251 e. The van der Waals surface area contributed by atoms with Gasteiger partial charge in [0.2, 0.25) is 5.91 Å². The van der Waals surface area contributed by atoms with Gasteiger partial charge in [-0.3, -0.25) is 9.59 Å². The highest BCUT2D eigenvalue weighted by Gasteiger charge is 2.41. The van der Waals surface area contributed by atoms with Crippen LogP contribution < -0.4 is 10.2 Å². The summed E-state index contributed by atoms with van der Waals surface area (Å²) in [7, 11) is 3.33. The smallest absolute Gasteiger partial charge is 0.251 e. The predicted molar refractivity (Wildman–Crippen MR) is 104 cm³/mol. The molecule has 2 saturated heterocycles. The second kappa shape index (κ2) is 8.69. The molecule has 0 saturated carbocycles. The van der Waals surface area contributed by atoms with Gasteiger partial charge in [-0.2, -0.15) is 0 Å². The minimum atomic E-state index is -0.0991. The molecule has 1 N–H and O–H groups in total. The van der Waals surface area contributed by atoms with Gasteiger partial charge >= 0.3 is 0 Å². The average Bonchev–Trinajstić information content (AvgIpc) is 2.70. The second-order valence-corrected chi connectivity index (χ2v) is 7.67. The molecule has 0 aromatic carbocycles. The highest BCUT2D eigenvalue weighted by Crippen LogP contribution is 2.40. The van der Waals surface area contributed by atoms with Crippen molar-refractivity contribution < 1.29 is 14.3 Å². The highest BCUT2D eigenvalue weighted by atomic mass is 16.5. The van der Waals surface area contributed by atoms with Crippen LogP contribution in [0.1, 0.15) is 42.5 Å². The van der Waals surface area contributed by atoms with Crippen molar-refractivity contribution in [1.82, 2.24) is 15.2 Å². The summed E-state index contributed by atoms with van der Waals surface area (Å²) in [4.78, 5) is 33.1. The zero-order chi connectivity index (χ0) is 19.3. The standard InChI is InChI=1S/C20H30N4O3/c1-21-19(26)16-6-9-22-17(13-16)23-10-3-7-20(14-23)8-5-18(25)24(15-20)11-4-12-27-2/h6,9,13H,3-5,7-8,10-12,14-15H2,1-2H3,(H,21,26). The van der Waals surface area contributed by atoms with E-state index in [1.807, 2.05) is 11.0 Å². The summed E-state index contributed by atoms with van der Waals surface area (Å²) in [6.07, 6.45) is 6.32. The van der Waals surface area contributed by atoms with Crippen LogP contribution in [0.15, 0.2) is 18.3 Å². The monoisotopic (exact) mass is 374 g/mol. The van der Waals surface area contributed by atoms with Gasteiger partial charge in [0.15, 0.2) is 0 Å². The molecule has 0 bridgehead atoms. The van der Waals surface area contributed by atoms with Gasteiger partial charge in [-0.25, -0.2) is 4.98 Å². The molecule has 0 aliphatic carbocycles. The molecule has 2 aliphatic heterocycles. The summed E-state index contributed by atoms with van der Waals surface area (Å²) in [6.45, 7) is 4.06. The van der Waals surface area contributed by atoms with Crippen molar-refractivity contribution in [2.24, 2.45) is 5.41 Å². The maximum atomic E-state index is 12.3. The number of likely N-dealkylation sites (tertiary alicyclic amines) is 1. The van der Waals surface area contributed by atoms with Gasteiger partial charge in [0.25, 0.3) is 5.91 Å². The third kappa shape index (κ3) is 4.58. The van der Waals surface area contributed by atoms with E-state index in [-0.39, 0.29) is 17.2 Å². The number of piperidine rings is 2. The average molecular weight is 374 g/mol. The zero-order valence-corrected chi connectivity index (χ0v) is 16.4. The fourth-order valence-electron chi connectivity index (χ4n) is 4.32. The maximum absolute atomic E-state index is 12.3. The van der Waals surface area contributed by atoms with E-state index in [9.17, 15) is 9.59 Å². The van der Waals surface area contributed by atoms with Crippen molar-refractivity contribution in [1.29, 1.82) is 0 Å². The van der Waals surface area contributed by atoms with Crippen molar-refractivity contribution in [3.05, 3.63) is 23.9 Å². The first kappa shape index (κ1) is 19.6. The van der Waals surface area contributed by atoms with Crippen LogP contribution in [0.25, 0.3) is 0 Å². The Morgan fingerprint density at radius 1 is 1.37 bits per heavy atom. The van der Waals surface area contributed by atoms with E-state index in [0.29, 0.717) is 18.6 Å². The molecular formula is C20H30N4O3. The van der Waals surface area contributed by atoms with E-state index >= 15 is 0 Å². The van der Waals surface area contributed by atoms with Crippen LogP contribution in [0.5, 0.6) is 0 Å². The van der Waals surface area contributed by atoms with Gasteiger partial charge in [-0.15, -0.1) is 0 Å². The molecule has 1 aromatic heterocycles. The Balaban J connectivity index is 1.71. The van der Waals surface area contributed by atoms with E-state index in [0.717, 1.165) is 57.7 Å². The number of hydrogen-bond donors (Lipinski definition) is 1. The number of rotatable bonds is 6. The number of pyridine rings is 1. The molecule has 3 rings (SSSR count). The van der Waals surface area contributed by atoms with Crippen molar-refractivity contribution in [2.45, 2.75) is 32.1 Å². The molecule has 0 radical (unpaired) electrons. The molecule has 1 spiro atoms. The third-order valence-corrected chi connectivity index (χ3v) is 5.74. The lowest BCUT2D eigenvalue weighted by Crippen LogP contribution is -2.54. The SMILES string of the molecule is CNC(=O)c1ccnc(N2CCCC3(CCC(=O)N(CCCOC)C3)C2)c1. The summed E-state index contributed by atoms with van der Waals surface area (Å²) < 4.78 is 5.13. The van der Waals surface area contributed by atoms with E-state index in [1.54, 1.807) is 26.4 Å². The lowest BCUT2D eigenvalue weighted by atomic mass is 9.73. The third-order valence-electron chi connectivity index (χ3n) is 5.74. The van der Waals surface area contributed by atoms with Gasteiger partial charge in [-0.05, 0) is 37.8 Å². The summed E-state index contributed by atoms with van der Waals surface area (Å²) in [5, 5.41) is 2.66. The summed E-state index contributed by atoms with van der Waals surface area (Å²) in [6, 6.07) is 3.60. The lowest BCUT2D eigenvalue weighted by molar-refractivity contribution is -0.138. The Hall–Kier alpha value is -2.15. The molecule has 148 valence electrons. The fourth-order valence-corrected chi connectivity index (χ4v) is 4.32. The van der Waals surface area contributed by atoms with Gasteiger partial charge in [-0.1, -0.05) is 0 Å². The zero-order valence-electron chi connectivity index (χ0n) is 16.4. The topological polar surface area (TPSA) is 74.8 Å². The Labute approximate surface area is 161 Å². The lowest BCUT2D eigenvalue weighted by Gasteiger charge is -2.48. The number of methoxy groups -OCH3 is 1. The molecule has 3 heterocycles. The molecule has 1 aromatic rings. The Bertz CT molecular complexity index is 681. The molecule has 27 heavy (non-hydrogen) atoms. The second-order valence-electron chi connectivity index (χ2n) is 7.67. The number of nitrogens with zero attached hydrogens (tertiary/aromatic N) is 3. The molecule has 2 aliphatic rings. The Morgan fingerprint density at radius 3 is 3.00 bits per heavy atom. The van der Waals surface area contributed by atoms with Crippen LogP contribution in [-0.4, -0.2) is 68.6 Å². The molecule has 2 fully saturated rings. The highest BCUT2D eigenvalue weighted by molar-refractivity contribution is 5.94. The van der Waals surface area contributed by atoms with Crippen molar-refractivity contribution in [3.8, 4) is 0 Å². The van der Waals surface area contributed by atoms with Gasteiger partial charge in [0.05, 0.1) is 0 Å². The molecule has 1 atom stereocenters. The van der Waals surface area contributed by atoms with Gasteiger partial charge < -0.3 is 19.9 Å². The molecular weight excluding hydrogens is 344 g/mol. The van der Waals surface area contributed by atoms with Crippen LogP contribution >= 0.6 is 0 Å². The van der Waals surface area contributed by atoms with Crippen LogP contribution in [0, 0.1) is 5.41 Å². The molecule has 1 unspecified atom stereocenters. The van der Waals surface area contributed by atoms with E-state index in [2.05, 4.69) is 15.2 Å². The number of aromatic nitrogens is 1. The number of ether oxygens (including phenoxy) is 1. The van der Waals surface area contributed by atoms with Crippen LogP contribution in [0.3, 0.4) is 0 Å². The first-order valence-corrected chi connectivity index (χ1v) is 9.77. The van der Waals surface area contributed by atoms with Gasteiger partial charge in [0.1, 0.15) is 5.82 Å². The number of hydrogen-bond acceptors (Lipinski definition) is 5. The first-order valence-electron chi connectivity index (χ1n) is 9.77. The predicted octanol–water partition coefficient (Wildman–Crippen LogP) is 1.69. The number of carbonyl (C=O) groups is 2. The van der Waals surface area contributed by atoms with Crippen LogP contribution in [-0.2, 0) is 9.53 Å². The molecule has 2 amide bonds. The minimum Gasteiger partial charge on any atom is -0.385 e. The molecule has 7 heteroatoms. The summed E-state index contributed by atoms with van der Waals surface area (Å²) in [5.74, 6) is 1.00. The summed E-state index contributed by atoms with van der Waals surface area (Å²) >= 11 is 0. The van der Waals surface area contributed by atoms with Crippen LogP contribution in [0.4, 0.5) is 5.82 Å². The largest absolute Gasteiger partial charge is 0.385 e. The van der Waals surface area contributed by atoms with E-state index < -0.39 is 0 Å². The quantitative estimate of drug-likeness (QED) is 0.767. The summed E-state index contributed by atoms with van der Waals surface area (Å²) in [5.41, 5.74) is 0.742. The molecule has 7 nitrogen and oxygen atoms in total. The number of carbonyl (C=O) groups excluding carboxylic acids is 2. The van der Waals surface area contributed by atoms with Crippen LogP contribution in [0.2, 0.25) is 0 Å². The number of anilines is 1. The normalized spacial score (nSPS) is 23.0. The first-order chi connectivity index (χ1) is 13.1. The number of amides is 2. The Morgan fingerprint density at radius 2 is 2.22 bits per heavy atom. The van der Waals surface area contributed by atoms with Crippen molar-refractivity contribution >= 4 is 17.6 Å². The van der Waals surface area contributed by atoms with E-state index in [1.165, 1.54) is 0 Å². The van der Waals surface area contributed by atoms with Crippen molar-refractivity contribution in [2.75, 3.05) is 51.8 Å². The number of nitrogens with one attached hydrogen (secondary N) is 1. The Kier molecular flexibility index (Phi) is 6.31. The van der Waals surface area contributed by atoms with Gasteiger partial charge in [0, 0.05) is 70.5 Å². The minimum absolute atomic E-state index is 0.0991.